The van der Waals surface area contributed by atoms with Crippen molar-refractivity contribution in [2.45, 2.75) is 39.2 Å². The highest BCUT2D eigenvalue weighted by Gasteiger charge is 2.22. The summed E-state index contributed by atoms with van der Waals surface area (Å²) >= 11 is 0. The van der Waals surface area contributed by atoms with Crippen LogP contribution in [-0.2, 0) is 6.42 Å². The molecule has 0 spiro atoms. The van der Waals surface area contributed by atoms with Crippen molar-refractivity contribution >= 4 is 16.8 Å². The first-order valence-electron chi connectivity index (χ1n) is 8.61. The van der Waals surface area contributed by atoms with E-state index in [9.17, 15) is 4.79 Å². The fourth-order valence-electron chi connectivity index (χ4n) is 3.75. The lowest BCUT2D eigenvalue weighted by Gasteiger charge is -2.26. The molecule has 0 fully saturated rings. The van der Waals surface area contributed by atoms with E-state index in [1.807, 2.05) is 18.2 Å². The Kier molecular flexibility index (Phi) is 3.64. The van der Waals surface area contributed by atoms with Crippen molar-refractivity contribution in [3.8, 4) is 0 Å². The number of H-pyrrole nitrogens is 1. The summed E-state index contributed by atoms with van der Waals surface area (Å²) in [6, 6.07) is 14.5. The van der Waals surface area contributed by atoms with E-state index in [1.54, 1.807) is 0 Å². The molecular weight excluding hydrogens is 296 g/mol. The van der Waals surface area contributed by atoms with Crippen molar-refractivity contribution < 1.29 is 4.79 Å². The van der Waals surface area contributed by atoms with Crippen LogP contribution in [0.25, 0.3) is 10.9 Å². The van der Waals surface area contributed by atoms with Gasteiger partial charge in [0.1, 0.15) is 0 Å². The summed E-state index contributed by atoms with van der Waals surface area (Å²) in [4.78, 5) is 16.1. The Balaban J connectivity index is 1.62. The van der Waals surface area contributed by atoms with Crippen molar-refractivity contribution in [2.24, 2.45) is 0 Å². The molecule has 3 nitrogen and oxygen atoms in total. The van der Waals surface area contributed by atoms with Crippen molar-refractivity contribution in [1.29, 1.82) is 0 Å². The molecule has 4 rings (SSSR count). The molecule has 3 heteroatoms. The van der Waals surface area contributed by atoms with Gasteiger partial charge in [-0.05, 0) is 68.0 Å². The summed E-state index contributed by atoms with van der Waals surface area (Å²) in [5.74, 6) is 0.0110. The molecule has 1 aromatic heterocycles. The van der Waals surface area contributed by atoms with E-state index >= 15 is 0 Å². The number of carbonyl (C=O) groups excluding carboxylic acids is 1. The van der Waals surface area contributed by atoms with Crippen LogP contribution in [0.3, 0.4) is 0 Å². The molecule has 24 heavy (non-hydrogen) atoms. The molecule has 3 aromatic rings. The van der Waals surface area contributed by atoms with Crippen molar-refractivity contribution in [3.05, 3.63) is 70.4 Å². The number of benzene rings is 2. The molecule has 0 aliphatic heterocycles. The third kappa shape index (κ3) is 2.50. The van der Waals surface area contributed by atoms with E-state index in [0.717, 1.165) is 41.4 Å². The van der Waals surface area contributed by atoms with E-state index in [-0.39, 0.29) is 11.9 Å². The Bertz CT molecular complexity index is 923. The zero-order valence-corrected chi connectivity index (χ0v) is 14.1. The zero-order chi connectivity index (χ0) is 16.7. The summed E-state index contributed by atoms with van der Waals surface area (Å²) < 4.78 is 0. The number of hydrogen-bond acceptors (Lipinski definition) is 1. The minimum absolute atomic E-state index is 0.0110. The Morgan fingerprint density at radius 1 is 1.17 bits per heavy atom. The molecule has 0 bridgehead atoms. The minimum atomic E-state index is 0.0110. The summed E-state index contributed by atoms with van der Waals surface area (Å²) in [5.41, 5.74) is 6.82. The normalized spacial score (nSPS) is 16.8. The highest BCUT2D eigenvalue weighted by molar-refractivity contribution is 5.99. The van der Waals surface area contributed by atoms with Crippen molar-refractivity contribution in [1.82, 2.24) is 10.3 Å². The Hall–Kier alpha value is -2.55. The molecule has 1 aliphatic carbocycles. The van der Waals surface area contributed by atoms with Gasteiger partial charge in [-0.2, -0.15) is 0 Å². The Labute approximate surface area is 142 Å². The molecule has 2 N–H and O–H groups in total. The van der Waals surface area contributed by atoms with Crippen LogP contribution in [0.4, 0.5) is 0 Å². The maximum absolute atomic E-state index is 12.8. The van der Waals surface area contributed by atoms with Gasteiger partial charge in [0, 0.05) is 22.2 Å². The first-order valence-corrected chi connectivity index (χ1v) is 8.61. The molecule has 1 amide bonds. The lowest BCUT2D eigenvalue weighted by atomic mass is 9.87. The van der Waals surface area contributed by atoms with Crippen LogP contribution >= 0.6 is 0 Å². The number of aryl methyl sites for hydroxylation is 3. The Morgan fingerprint density at radius 2 is 2.00 bits per heavy atom. The van der Waals surface area contributed by atoms with Gasteiger partial charge in [-0.1, -0.05) is 24.3 Å². The summed E-state index contributed by atoms with van der Waals surface area (Å²) in [7, 11) is 0. The molecule has 1 heterocycles. The molecule has 0 saturated carbocycles. The van der Waals surface area contributed by atoms with Gasteiger partial charge >= 0.3 is 0 Å². The SMILES string of the molecule is Cc1[nH]c2ccc(C(=O)N[C@@H]3CCCc4ccccc43)cc2c1C. The van der Waals surface area contributed by atoms with Crippen LogP contribution < -0.4 is 5.32 Å². The molecule has 122 valence electrons. The highest BCUT2D eigenvalue weighted by atomic mass is 16.1. The van der Waals surface area contributed by atoms with Crippen LogP contribution in [0.5, 0.6) is 0 Å². The number of nitrogens with one attached hydrogen (secondary N) is 2. The van der Waals surface area contributed by atoms with Crippen LogP contribution in [-0.4, -0.2) is 10.9 Å². The lowest BCUT2D eigenvalue weighted by molar-refractivity contribution is 0.0933. The molecule has 1 atom stereocenters. The van der Waals surface area contributed by atoms with Gasteiger partial charge in [-0.3, -0.25) is 4.79 Å². The predicted molar refractivity (Wildman–Crippen MR) is 97.4 cm³/mol. The van der Waals surface area contributed by atoms with Gasteiger partial charge < -0.3 is 10.3 Å². The van der Waals surface area contributed by atoms with E-state index < -0.39 is 0 Å². The number of rotatable bonds is 2. The summed E-state index contributed by atoms with van der Waals surface area (Å²) in [6.45, 7) is 4.15. The summed E-state index contributed by atoms with van der Waals surface area (Å²) in [6.07, 6.45) is 3.24. The molecule has 0 unspecified atom stereocenters. The number of fused-ring (bicyclic) bond motifs is 2. The van der Waals surface area contributed by atoms with E-state index in [0.29, 0.717) is 0 Å². The van der Waals surface area contributed by atoms with Gasteiger partial charge in [0.2, 0.25) is 0 Å². The average molecular weight is 318 g/mol. The number of carbonyl (C=O) groups is 1. The largest absolute Gasteiger partial charge is 0.358 e. The van der Waals surface area contributed by atoms with Gasteiger partial charge in [0.15, 0.2) is 0 Å². The lowest BCUT2D eigenvalue weighted by Crippen LogP contribution is -2.30. The van der Waals surface area contributed by atoms with Gasteiger partial charge in [-0.15, -0.1) is 0 Å². The summed E-state index contributed by atoms with van der Waals surface area (Å²) in [5, 5.41) is 4.36. The standard InChI is InChI=1S/C21H22N2O/c1-13-14(2)22-20-11-10-16(12-18(13)20)21(24)23-19-9-5-7-15-6-3-4-8-17(15)19/h3-4,6,8,10-12,19,22H,5,7,9H2,1-2H3,(H,23,24)/t19-/m1/s1. The second-order valence-electron chi connectivity index (χ2n) is 6.75. The average Bonchev–Trinajstić information content (AvgIpc) is 2.89. The smallest absolute Gasteiger partial charge is 0.251 e. The van der Waals surface area contributed by atoms with E-state index in [4.69, 9.17) is 0 Å². The highest BCUT2D eigenvalue weighted by Crippen LogP contribution is 2.30. The zero-order valence-electron chi connectivity index (χ0n) is 14.1. The first-order chi connectivity index (χ1) is 11.6. The fourth-order valence-corrected chi connectivity index (χ4v) is 3.75. The quantitative estimate of drug-likeness (QED) is 0.713. The van der Waals surface area contributed by atoms with Crippen LogP contribution in [0.2, 0.25) is 0 Å². The van der Waals surface area contributed by atoms with E-state index in [1.165, 1.54) is 16.7 Å². The van der Waals surface area contributed by atoms with Crippen LogP contribution in [0.15, 0.2) is 42.5 Å². The number of amides is 1. The van der Waals surface area contributed by atoms with Crippen LogP contribution in [0, 0.1) is 13.8 Å². The molecule has 0 saturated heterocycles. The van der Waals surface area contributed by atoms with Crippen LogP contribution in [0.1, 0.15) is 51.6 Å². The van der Waals surface area contributed by atoms with Gasteiger partial charge in [0.05, 0.1) is 6.04 Å². The first kappa shape index (κ1) is 15.0. The predicted octanol–water partition coefficient (Wildman–Crippen LogP) is 4.59. The minimum Gasteiger partial charge on any atom is -0.358 e. The molecular formula is C21H22N2O. The molecule has 1 aliphatic rings. The van der Waals surface area contributed by atoms with E-state index in [2.05, 4.69) is 48.4 Å². The fraction of sp³-hybridized carbons (Fsp3) is 0.286. The Morgan fingerprint density at radius 3 is 2.88 bits per heavy atom. The second-order valence-corrected chi connectivity index (χ2v) is 6.75. The third-order valence-corrected chi connectivity index (χ3v) is 5.25. The topological polar surface area (TPSA) is 44.9 Å². The van der Waals surface area contributed by atoms with Gasteiger partial charge in [0.25, 0.3) is 5.91 Å². The number of aromatic nitrogens is 1. The molecule has 0 radical (unpaired) electrons. The number of aromatic amines is 1. The van der Waals surface area contributed by atoms with Crippen molar-refractivity contribution in [2.75, 3.05) is 0 Å². The third-order valence-electron chi connectivity index (χ3n) is 5.25. The second kappa shape index (κ2) is 5.82. The number of hydrogen-bond donors (Lipinski definition) is 2. The van der Waals surface area contributed by atoms with Crippen molar-refractivity contribution in [3.63, 3.8) is 0 Å². The maximum Gasteiger partial charge on any atom is 0.251 e. The monoisotopic (exact) mass is 318 g/mol. The maximum atomic E-state index is 12.8. The van der Waals surface area contributed by atoms with Gasteiger partial charge in [-0.25, -0.2) is 0 Å². The molecule has 2 aromatic carbocycles.